The first-order valence-electron chi connectivity index (χ1n) is 10.7. The van der Waals surface area contributed by atoms with E-state index in [0.717, 1.165) is 28.9 Å². The molecule has 2 aromatic rings. The minimum Gasteiger partial charge on any atom is -0.497 e. The highest BCUT2D eigenvalue weighted by atomic mass is 16.5. The van der Waals surface area contributed by atoms with E-state index in [4.69, 9.17) is 9.47 Å². The number of ether oxygens (including phenoxy) is 2. The molecule has 0 heterocycles. The summed E-state index contributed by atoms with van der Waals surface area (Å²) in [5.41, 5.74) is 3.04. The third kappa shape index (κ3) is 7.31. The topological polar surface area (TPSA) is 67.9 Å². The zero-order valence-electron chi connectivity index (χ0n) is 19.4. The van der Waals surface area contributed by atoms with Crippen LogP contribution < -0.4 is 14.8 Å². The molecule has 0 aromatic heterocycles. The summed E-state index contributed by atoms with van der Waals surface area (Å²) >= 11 is 0. The minimum atomic E-state index is -0.633. The van der Waals surface area contributed by atoms with Gasteiger partial charge in [-0.2, -0.15) is 0 Å². The Morgan fingerprint density at radius 3 is 2.16 bits per heavy atom. The maximum atomic E-state index is 13.1. The van der Waals surface area contributed by atoms with Crippen LogP contribution in [0.3, 0.4) is 0 Å². The molecular weight excluding hydrogens is 392 g/mol. The fourth-order valence-corrected chi connectivity index (χ4v) is 3.22. The summed E-state index contributed by atoms with van der Waals surface area (Å²) in [4.78, 5) is 27.4. The first kappa shape index (κ1) is 24.3. The summed E-state index contributed by atoms with van der Waals surface area (Å²) in [5.74, 6) is 0.957. The molecule has 0 aliphatic heterocycles. The number of hydrogen-bond acceptors (Lipinski definition) is 4. The molecule has 0 spiro atoms. The molecule has 6 heteroatoms. The van der Waals surface area contributed by atoms with E-state index in [9.17, 15) is 9.59 Å². The number of nitrogens with one attached hydrogen (secondary N) is 1. The first-order chi connectivity index (χ1) is 14.7. The van der Waals surface area contributed by atoms with Crippen LogP contribution in [0.2, 0.25) is 0 Å². The van der Waals surface area contributed by atoms with E-state index in [1.807, 2.05) is 70.2 Å². The van der Waals surface area contributed by atoms with Crippen molar-refractivity contribution in [3.63, 3.8) is 0 Å². The lowest BCUT2D eigenvalue weighted by molar-refractivity contribution is -0.142. The summed E-state index contributed by atoms with van der Waals surface area (Å²) in [6, 6.07) is 12.7. The summed E-state index contributed by atoms with van der Waals surface area (Å²) in [6.45, 7) is 9.83. The third-order valence-corrected chi connectivity index (χ3v) is 5.24. The van der Waals surface area contributed by atoms with Gasteiger partial charge in [0.05, 0.1) is 7.11 Å². The van der Waals surface area contributed by atoms with Gasteiger partial charge in [0.1, 0.15) is 17.5 Å². The largest absolute Gasteiger partial charge is 0.497 e. The molecule has 2 rings (SSSR count). The molecule has 31 heavy (non-hydrogen) atoms. The maximum Gasteiger partial charge on any atom is 0.261 e. The van der Waals surface area contributed by atoms with Crippen molar-refractivity contribution < 1.29 is 19.1 Å². The second kappa shape index (κ2) is 11.4. The lowest BCUT2D eigenvalue weighted by Gasteiger charge is -2.29. The summed E-state index contributed by atoms with van der Waals surface area (Å²) in [5, 5.41) is 2.96. The van der Waals surface area contributed by atoms with Crippen LogP contribution in [0.25, 0.3) is 0 Å². The van der Waals surface area contributed by atoms with Crippen molar-refractivity contribution in [2.24, 2.45) is 0 Å². The molecule has 0 unspecified atom stereocenters. The second-order valence-corrected chi connectivity index (χ2v) is 7.98. The smallest absolute Gasteiger partial charge is 0.261 e. The Balaban J connectivity index is 2.17. The van der Waals surface area contributed by atoms with Crippen LogP contribution in [0.4, 0.5) is 0 Å². The van der Waals surface area contributed by atoms with Crippen molar-refractivity contribution in [2.45, 2.75) is 59.7 Å². The molecule has 0 radical (unpaired) electrons. The zero-order chi connectivity index (χ0) is 23.0. The van der Waals surface area contributed by atoms with Crippen LogP contribution in [-0.4, -0.2) is 42.5 Å². The van der Waals surface area contributed by atoms with Gasteiger partial charge in [-0.3, -0.25) is 9.59 Å². The summed E-state index contributed by atoms with van der Waals surface area (Å²) in [7, 11) is 1.61. The molecule has 2 atom stereocenters. The van der Waals surface area contributed by atoms with Crippen LogP contribution in [0.5, 0.6) is 11.5 Å². The van der Waals surface area contributed by atoms with Gasteiger partial charge in [0, 0.05) is 12.6 Å². The molecule has 1 N–H and O–H groups in total. The molecule has 0 saturated heterocycles. The van der Waals surface area contributed by atoms with Crippen molar-refractivity contribution in [3.8, 4) is 11.5 Å². The van der Waals surface area contributed by atoms with E-state index < -0.39 is 6.04 Å². The Labute approximate surface area is 185 Å². The standard InChI is InChI=1S/C25H34N2O4/c1-7-19(4)26-25(29)20(5)27(15-21-8-10-22(30-6)11-9-21)24(28)16-31-23-13-17(2)12-18(3)14-23/h8-14,19-20H,7,15-16H2,1-6H3,(H,26,29)/t19-,20+/m1/s1. The average molecular weight is 427 g/mol. The highest BCUT2D eigenvalue weighted by molar-refractivity contribution is 5.88. The predicted octanol–water partition coefficient (Wildman–Crippen LogP) is 4.02. The van der Waals surface area contributed by atoms with Crippen LogP contribution >= 0.6 is 0 Å². The Kier molecular flexibility index (Phi) is 8.91. The van der Waals surface area contributed by atoms with E-state index >= 15 is 0 Å². The number of methoxy groups -OCH3 is 1. The van der Waals surface area contributed by atoms with Gasteiger partial charge in [0.15, 0.2) is 6.61 Å². The quantitative estimate of drug-likeness (QED) is 0.623. The van der Waals surface area contributed by atoms with Crippen LogP contribution in [0.1, 0.15) is 43.9 Å². The molecule has 0 fully saturated rings. The third-order valence-electron chi connectivity index (χ3n) is 5.24. The Hall–Kier alpha value is -3.02. The Bertz CT molecular complexity index is 859. The number of amides is 2. The Morgan fingerprint density at radius 2 is 1.61 bits per heavy atom. The monoisotopic (exact) mass is 426 g/mol. The summed E-state index contributed by atoms with van der Waals surface area (Å²) in [6.07, 6.45) is 0.820. The van der Waals surface area contributed by atoms with Crippen molar-refractivity contribution in [1.29, 1.82) is 0 Å². The van der Waals surface area contributed by atoms with Crippen molar-refractivity contribution >= 4 is 11.8 Å². The molecule has 2 aromatic carbocycles. The van der Waals surface area contributed by atoms with Crippen LogP contribution in [0.15, 0.2) is 42.5 Å². The number of aryl methyl sites for hydroxylation is 2. The normalized spacial score (nSPS) is 12.6. The molecular formula is C25H34N2O4. The van der Waals surface area contributed by atoms with E-state index in [0.29, 0.717) is 12.3 Å². The number of rotatable bonds is 10. The number of hydrogen-bond donors (Lipinski definition) is 1. The second-order valence-electron chi connectivity index (χ2n) is 7.98. The lowest BCUT2D eigenvalue weighted by atomic mass is 10.1. The van der Waals surface area contributed by atoms with Crippen LogP contribution in [-0.2, 0) is 16.1 Å². The zero-order valence-corrected chi connectivity index (χ0v) is 19.4. The molecule has 0 aliphatic carbocycles. The van der Waals surface area contributed by atoms with Gasteiger partial charge >= 0.3 is 0 Å². The van der Waals surface area contributed by atoms with Crippen molar-refractivity contribution in [2.75, 3.05) is 13.7 Å². The van der Waals surface area contributed by atoms with Gasteiger partial charge in [-0.1, -0.05) is 25.1 Å². The van der Waals surface area contributed by atoms with Crippen LogP contribution in [0, 0.1) is 13.8 Å². The van der Waals surface area contributed by atoms with E-state index in [1.165, 1.54) is 0 Å². The molecule has 6 nitrogen and oxygen atoms in total. The first-order valence-corrected chi connectivity index (χ1v) is 10.7. The van der Waals surface area contributed by atoms with Gasteiger partial charge in [0.2, 0.25) is 5.91 Å². The SMILES string of the molecule is CC[C@@H](C)NC(=O)[C@H](C)N(Cc1ccc(OC)cc1)C(=O)COc1cc(C)cc(C)c1. The van der Waals surface area contributed by atoms with Gasteiger partial charge in [-0.05, 0) is 75.1 Å². The predicted molar refractivity (Wildman–Crippen MR) is 122 cm³/mol. The number of nitrogens with zero attached hydrogens (tertiary/aromatic N) is 1. The maximum absolute atomic E-state index is 13.1. The highest BCUT2D eigenvalue weighted by Gasteiger charge is 2.27. The molecule has 168 valence electrons. The van der Waals surface area contributed by atoms with Crippen molar-refractivity contribution in [3.05, 3.63) is 59.2 Å². The molecule has 0 saturated carbocycles. The summed E-state index contributed by atoms with van der Waals surface area (Å²) < 4.78 is 11.0. The fraction of sp³-hybridized carbons (Fsp3) is 0.440. The molecule has 2 amide bonds. The number of carbonyl (C=O) groups is 2. The van der Waals surface area contributed by atoms with Gasteiger partial charge in [-0.15, -0.1) is 0 Å². The van der Waals surface area contributed by atoms with Gasteiger partial charge in [-0.25, -0.2) is 0 Å². The molecule has 0 aliphatic rings. The van der Waals surface area contributed by atoms with E-state index in [-0.39, 0.29) is 24.5 Å². The highest BCUT2D eigenvalue weighted by Crippen LogP contribution is 2.18. The minimum absolute atomic E-state index is 0.0411. The van der Waals surface area contributed by atoms with Gasteiger partial charge in [0.25, 0.3) is 5.91 Å². The van der Waals surface area contributed by atoms with Gasteiger partial charge < -0.3 is 19.7 Å². The fourth-order valence-electron chi connectivity index (χ4n) is 3.22. The lowest BCUT2D eigenvalue weighted by Crippen LogP contribution is -2.50. The molecule has 0 bridgehead atoms. The Morgan fingerprint density at radius 1 is 1.00 bits per heavy atom. The van der Waals surface area contributed by atoms with Crippen molar-refractivity contribution in [1.82, 2.24) is 10.2 Å². The number of benzene rings is 2. The van der Waals surface area contributed by atoms with E-state index in [2.05, 4.69) is 5.32 Å². The van der Waals surface area contributed by atoms with E-state index in [1.54, 1.807) is 18.9 Å². The average Bonchev–Trinajstić information content (AvgIpc) is 2.74. The number of carbonyl (C=O) groups excluding carboxylic acids is 2.